The smallest absolute Gasteiger partial charge is 0.128 e. The zero-order valence-electron chi connectivity index (χ0n) is 15.4. The van der Waals surface area contributed by atoms with Gasteiger partial charge in [0.25, 0.3) is 0 Å². The summed E-state index contributed by atoms with van der Waals surface area (Å²) in [5.74, 6) is -0.440. The van der Waals surface area contributed by atoms with Gasteiger partial charge in [0.15, 0.2) is 0 Å². The molecule has 0 radical (unpaired) electrons. The van der Waals surface area contributed by atoms with E-state index in [2.05, 4.69) is 0 Å². The Morgan fingerprint density at radius 3 is 1.08 bits per heavy atom. The third-order valence-electron chi connectivity index (χ3n) is 3.59. The van der Waals surface area contributed by atoms with E-state index in [1.807, 2.05) is 41.5 Å². The van der Waals surface area contributed by atoms with Crippen LogP contribution in [0.5, 0.6) is 0 Å². The van der Waals surface area contributed by atoms with Crippen LogP contribution < -0.4 is 11.5 Å². The summed E-state index contributed by atoms with van der Waals surface area (Å²) in [5.41, 5.74) is 13.1. The molecule has 0 unspecified atom stereocenters. The summed E-state index contributed by atoms with van der Waals surface area (Å²) in [7, 11) is 0. The Kier molecular flexibility index (Phi) is 5.99. The fourth-order valence-electron chi connectivity index (χ4n) is 2.66. The number of hydrogen-bond donors (Lipinski definition) is 2. The van der Waals surface area contributed by atoms with Crippen molar-refractivity contribution in [1.82, 2.24) is 0 Å². The zero-order chi connectivity index (χ0) is 18.7. The Morgan fingerprint density at radius 2 is 0.917 bits per heavy atom. The molecule has 0 aliphatic rings. The Bertz CT molecular complexity index is 594. The molecule has 0 amide bonds. The first-order chi connectivity index (χ1) is 10.9. The van der Waals surface area contributed by atoms with Gasteiger partial charge in [-0.2, -0.15) is 0 Å². The van der Waals surface area contributed by atoms with Gasteiger partial charge in [-0.3, -0.25) is 0 Å². The van der Waals surface area contributed by atoms with Crippen molar-refractivity contribution in [3.63, 3.8) is 0 Å². The van der Waals surface area contributed by atoms with Crippen LogP contribution in [-0.4, -0.2) is 0 Å². The fraction of sp³-hybridized carbons (Fsp3) is 0.400. The average molecular weight is 334 g/mol. The third-order valence-corrected chi connectivity index (χ3v) is 3.59. The van der Waals surface area contributed by atoms with Gasteiger partial charge in [0.05, 0.1) is 0 Å². The van der Waals surface area contributed by atoms with E-state index in [0.29, 0.717) is 22.5 Å². The van der Waals surface area contributed by atoms with Crippen LogP contribution in [0.25, 0.3) is 0 Å². The minimum Gasteiger partial charge on any atom is -0.398 e. The maximum absolute atomic E-state index is 13.3. The quantitative estimate of drug-likeness (QED) is 0.633. The normalized spacial score (nSPS) is 11.7. The molecule has 0 aliphatic carbocycles. The van der Waals surface area contributed by atoms with Gasteiger partial charge >= 0.3 is 0 Å². The zero-order valence-corrected chi connectivity index (χ0v) is 15.4. The second kappa shape index (κ2) is 7.20. The monoisotopic (exact) mass is 334 g/mol. The van der Waals surface area contributed by atoms with Crippen LogP contribution in [0.15, 0.2) is 36.4 Å². The van der Waals surface area contributed by atoms with Crippen LogP contribution in [0.1, 0.15) is 52.7 Å². The molecule has 4 N–H and O–H groups in total. The molecule has 0 atom stereocenters. The summed E-state index contributed by atoms with van der Waals surface area (Å²) < 4.78 is 26.5. The topological polar surface area (TPSA) is 52.0 Å². The van der Waals surface area contributed by atoms with Gasteiger partial charge in [0.1, 0.15) is 11.6 Å². The number of nitrogen functional groups attached to an aromatic ring is 2. The molecular formula is C20H28F2N2. The van der Waals surface area contributed by atoms with E-state index < -0.39 is 0 Å². The molecule has 2 rings (SSSR count). The van der Waals surface area contributed by atoms with Crippen LogP contribution in [0.2, 0.25) is 0 Å². The maximum atomic E-state index is 13.3. The van der Waals surface area contributed by atoms with Crippen molar-refractivity contribution < 1.29 is 8.78 Å². The summed E-state index contributed by atoms with van der Waals surface area (Å²) in [5, 5.41) is 0. The SMILES string of the molecule is CC(C)(C)c1c(N)cccc1F.CC(C)(C)c1c(N)cccc1F. The standard InChI is InChI=1S/2C10H14FN/c2*1-10(2,3)9-7(11)5-4-6-8(9)12/h2*4-6H,12H2,1-3H3. The molecule has 24 heavy (non-hydrogen) atoms. The van der Waals surface area contributed by atoms with Crippen LogP contribution in [0.4, 0.5) is 20.2 Å². The molecule has 132 valence electrons. The van der Waals surface area contributed by atoms with Crippen LogP contribution >= 0.6 is 0 Å². The maximum Gasteiger partial charge on any atom is 0.128 e. The first-order valence-corrected chi connectivity index (χ1v) is 7.94. The Hall–Kier alpha value is -2.10. The van der Waals surface area contributed by atoms with E-state index in [1.165, 1.54) is 12.1 Å². The first-order valence-electron chi connectivity index (χ1n) is 7.94. The lowest BCUT2D eigenvalue weighted by Crippen LogP contribution is -2.16. The number of rotatable bonds is 0. The van der Waals surface area contributed by atoms with Crippen LogP contribution in [0.3, 0.4) is 0 Å². The van der Waals surface area contributed by atoms with Crippen molar-refractivity contribution in [2.24, 2.45) is 0 Å². The van der Waals surface area contributed by atoms with Gasteiger partial charge in [0.2, 0.25) is 0 Å². The molecular weight excluding hydrogens is 306 g/mol. The first kappa shape index (κ1) is 19.9. The van der Waals surface area contributed by atoms with Crippen LogP contribution in [-0.2, 0) is 10.8 Å². The Morgan fingerprint density at radius 1 is 0.625 bits per heavy atom. The van der Waals surface area contributed by atoms with Gasteiger partial charge in [-0.25, -0.2) is 8.78 Å². The second-order valence-electron chi connectivity index (χ2n) is 7.91. The van der Waals surface area contributed by atoms with Gasteiger partial charge in [-0.1, -0.05) is 53.7 Å². The number of halogens is 2. The van der Waals surface area contributed by atoms with Crippen molar-refractivity contribution in [1.29, 1.82) is 0 Å². The van der Waals surface area contributed by atoms with Gasteiger partial charge in [-0.15, -0.1) is 0 Å². The Labute approximate surface area is 143 Å². The highest BCUT2D eigenvalue weighted by Crippen LogP contribution is 2.30. The van der Waals surface area contributed by atoms with Gasteiger partial charge in [-0.05, 0) is 35.1 Å². The summed E-state index contributed by atoms with van der Waals surface area (Å²) in [6.45, 7) is 11.7. The summed E-state index contributed by atoms with van der Waals surface area (Å²) in [6.07, 6.45) is 0. The number of benzene rings is 2. The second-order valence-corrected chi connectivity index (χ2v) is 7.91. The third kappa shape index (κ3) is 4.95. The summed E-state index contributed by atoms with van der Waals surface area (Å²) >= 11 is 0. The number of nitrogens with two attached hydrogens (primary N) is 2. The van der Waals surface area contributed by atoms with E-state index in [0.717, 1.165) is 0 Å². The molecule has 0 aromatic heterocycles. The van der Waals surface area contributed by atoms with Crippen LogP contribution in [0, 0.1) is 11.6 Å². The molecule has 0 saturated carbocycles. The van der Waals surface area contributed by atoms with E-state index in [-0.39, 0.29) is 22.5 Å². The highest BCUT2D eigenvalue weighted by atomic mass is 19.1. The number of anilines is 2. The molecule has 4 heteroatoms. The van der Waals surface area contributed by atoms with Crippen molar-refractivity contribution in [2.45, 2.75) is 52.4 Å². The minimum atomic E-state index is -0.227. The number of hydrogen-bond acceptors (Lipinski definition) is 2. The molecule has 0 heterocycles. The van der Waals surface area contributed by atoms with E-state index in [4.69, 9.17) is 11.5 Å². The summed E-state index contributed by atoms with van der Waals surface area (Å²) in [4.78, 5) is 0. The van der Waals surface area contributed by atoms with Crippen molar-refractivity contribution in [3.8, 4) is 0 Å². The molecule has 0 fully saturated rings. The predicted molar refractivity (Wildman–Crippen MR) is 99.0 cm³/mol. The molecule has 0 saturated heterocycles. The highest BCUT2D eigenvalue weighted by molar-refractivity contribution is 5.51. The lowest BCUT2D eigenvalue weighted by atomic mass is 9.85. The van der Waals surface area contributed by atoms with E-state index in [9.17, 15) is 8.78 Å². The van der Waals surface area contributed by atoms with Gasteiger partial charge < -0.3 is 11.5 Å². The molecule has 2 nitrogen and oxygen atoms in total. The molecule has 0 spiro atoms. The highest BCUT2D eigenvalue weighted by Gasteiger charge is 2.21. The van der Waals surface area contributed by atoms with E-state index >= 15 is 0 Å². The molecule has 0 bridgehead atoms. The van der Waals surface area contributed by atoms with Crippen molar-refractivity contribution in [3.05, 3.63) is 59.2 Å². The average Bonchev–Trinajstić information content (AvgIpc) is 2.35. The predicted octanol–water partition coefficient (Wildman–Crippen LogP) is 5.41. The van der Waals surface area contributed by atoms with Crippen molar-refractivity contribution >= 4 is 11.4 Å². The molecule has 2 aromatic carbocycles. The lowest BCUT2D eigenvalue weighted by Gasteiger charge is -2.21. The molecule has 0 aliphatic heterocycles. The Balaban J connectivity index is 0.000000240. The minimum absolute atomic E-state index is 0.220. The molecule has 2 aromatic rings. The lowest BCUT2D eigenvalue weighted by molar-refractivity contribution is 0.524. The van der Waals surface area contributed by atoms with E-state index in [1.54, 1.807) is 24.3 Å². The van der Waals surface area contributed by atoms with Crippen molar-refractivity contribution in [2.75, 3.05) is 11.5 Å². The largest absolute Gasteiger partial charge is 0.398 e. The summed E-state index contributed by atoms with van der Waals surface area (Å²) in [6, 6.07) is 9.58. The fourth-order valence-corrected chi connectivity index (χ4v) is 2.66. The van der Waals surface area contributed by atoms with Gasteiger partial charge in [0, 0.05) is 22.5 Å².